The Hall–Kier alpha value is -0.280. The van der Waals surface area contributed by atoms with Crippen LogP contribution in [0.1, 0.15) is 6.42 Å². The molecule has 12 heavy (non-hydrogen) atoms. The van der Waals surface area contributed by atoms with Crippen molar-refractivity contribution in [3.63, 3.8) is 0 Å². The Morgan fingerprint density at radius 2 is 2.17 bits per heavy atom. The third-order valence-electron chi connectivity index (χ3n) is 1.05. The molecule has 0 amide bonds. The third kappa shape index (κ3) is 7.82. The van der Waals surface area contributed by atoms with Gasteiger partial charge < -0.3 is 4.74 Å². The predicted molar refractivity (Wildman–Crippen MR) is 60.9 cm³/mol. The van der Waals surface area contributed by atoms with Gasteiger partial charge in [0.1, 0.15) is 6.61 Å². The van der Waals surface area contributed by atoms with Crippen molar-refractivity contribution in [2.24, 2.45) is 0 Å². The molecular weight excluding hydrogens is 188 g/mol. The van der Waals surface area contributed by atoms with E-state index in [1.807, 2.05) is 6.08 Å². The Bertz CT molecular complexity index is 155. The summed E-state index contributed by atoms with van der Waals surface area (Å²) in [5.74, 6) is 1.98. The van der Waals surface area contributed by atoms with Crippen molar-refractivity contribution in [1.29, 1.82) is 0 Å². The maximum Gasteiger partial charge on any atom is 0.160 e. The lowest BCUT2D eigenvalue weighted by Gasteiger charge is -2.03. The second-order valence-corrected chi connectivity index (χ2v) is 3.69. The highest BCUT2D eigenvalue weighted by Gasteiger charge is 1.95. The van der Waals surface area contributed by atoms with Gasteiger partial charge in [0.25, 0.3) is 0 Å². The van der Waals surface area contributed by atoms with Crippen LogP contribution >= 0.6 is 24.0 Å². The molecule has 0 aromatic carbocycles. The van der Waals surface area contributed by atoms with Gasteiger partial charge in [-0.3, -0.25) is 0 Å². The first-order chi connectivity index (χ1) is 5.81. The highest BCUT2D eigenvalue weighted by Crippen LogP contribution is 2.03. The first kappa shape index (κ1) is 11.7. The van der Waals surface area contributed by atoms with Crippen LogP contribution in [0.3, 0.4) is 0 Å². The summed E-state index contributed by atoms with van der Waals surface area (Å²) in [7, 11) is 0. The Morgan fingerprint density at radius 3 is 2.75 bits per heavy atom. The molecule has 0 saturated carbocycles. The van der Waals surface area contributed by atoms with E-state index in [4.69, 9.17) is 17.0 Å². The zero-order valence-electron chi connectivity index (χ0n) is 7.12. The van der Waals surface area contributed by atoms with E-state index in [0.29, 0.717) is 11.7 Å². The normalized spacial score (nSPS) is 9.00. The largest absolute Gasteiger partial charge is 0.483 e. The van der Waals surface area contributed by atoms with E-state index >= 15 is 0 Å². The van der Waals surface area contributed by atoms with E-state index in [2.05, 4.69) is 13.2 Å². The molecule has 0 aliphatic carbocycles. The molecule has 0 N–H and O–H groups in total. The van der Waals surface area contributed by atoms with Gasteiger partial charge in [-0.1, -0.05) is 18.7 Å². The average Bonchev–Trinajstić information content (AvgIpc) is 2.09. The predicted octanol–water partition coefficient (Wildman–Crippen LogP) is 2.83. The van der Waals surface area contributed by atoms with E-state index in [1.165, 1.54) is 0 Å². The maximum absolute atomic E-state index is 5.15. The van der Waals surface area contributed by atoms with Crippen LogP contribution in [0, 0.1) is 0 Å². The van der Waals surface area contributed by atoms with Gasteiger partial charge >= 0.3 is 0 Å². The minimum absolute atomic E-state index is 0.519. The SMILES string of the molecule is C=CCOC(=S)CCSCC=C. The fraction of sp³-hybridized carbons (Fsp3) is 0.444. The summed E-state index contributed by atoms with van der Waals surface area (Å²) in [4.78, 5) is 0. The molecule has 0 radical (unpaired) electrons. The van der Waals surface area contributed by atoms with Gasteiger partial charge in [0.05, 0.1) is 0 Å². The molecule has 0 unspecified atom stereocenters. The first-order valence-electron chi connectivity index (χ1n) is 3.76. The Balaban J connectivity index is 3.19. The van der Waals surface area contributed by atoms with Crippen molar-refractivity contribution in [2.75, 3.05) is 18.1 Å². The molecule has 0 rings (SSSR count). The molecule has 0 saturated heterocycles. The van der Waals surface area contributed by atoms with E-state index in [0.717, 1.165) is 17.9 Å². The molecule has 68 valence electrons. The van der Waals surface area contributed by atoms with Crippen molar-refractivity contribution in [1.82, 2.24) is 0 Å². The number of rotatable bonds is 7. The third-order valence-corrected chi connectivity index (χ3v) is 2.33. The second-order valence-electron chi connectivity index (χ2n) is 2.09. The minimum atomic E-state index is 0.519. The molecule has 0 atom stereocenters. The molecule has 0 fully saturated rings. The lowest BCUT2D eigenvalue weighted by Crippen LogP contribution is -2.02. The Kier molecular flexibility index (Phi) is 8.61. The van der Waals surface area contributed by atoms with E-state index in [1.54, 1.807) is 17.8 Å². The van der Waals surface area contributed by atoms with Gasteiger partial charge in [0.2, 0.25) is 0 Å². The van der Waals surface area contributed by atoms with Crippen LogP contribution in [-0.2, 0) is 4.74 Å². The summed E-state index contributed by atoms with van der Waals surface area (Å²) >= 11 is 6.76. The van der Waals surface area contributed by atoms with E-state index < -0.39 is 0 Å². The Labute approximate surface area is 83.9 Å². The van der Waals surface area contributed by atoms with Gasteiger partial charge in [-0.15, -0.1) is 6.58 Å². The van der Waals surface area contributed by atoms with Gasteiger partial charge in [-0.2, -0.15) is 11.8 Å². The lowest BCUT2D eigenvalue weighted by atomic mass is 10.5. The monoisotopic (exact) mass is 202 g/mol. The molecule has 0 aliphatic heterocycles. The number of hydrogen-bond acceptors (Lipinski definition) is 3. The highest BCUT2D eigenvalue weighted by atomic mass is 32.2. The van der Waals surface area contributed by atoms with Crippen LogP contribution in [0.2, 0.25) is 0 Å². The zero-order chi connectivity index (χ0) is 9.23. The van der Waals surface area contributed by atoms with Crippen LogP contribution in [0.5, 0.6) is 0 Å². The molecular formula is C9H14OS2. The van der Waals surface area contributed by atoms with Crippen LogP contribution in [0.4, 0.5) is 0 Å². The van der Waals surface area contributed by atoms with Crippen molar-refractivity contribution < 1.29 is 4.74 Å². The number of thiocarbonyl (C=S) groups is 1. The average molecular weight is 202 g/mol. The number of thioether (sulfide) groups is 1. The van der Waals surface area contributed by atoms with Crippen molar-refractivity contribution in [3.05, 3.63) is 25.3 Å². The van der Waals surface area contributed by atoms with Gasteiger partial charge in [-0.05, 0) is 12.2 Å². The molecule has 0 aliphatic rings. The first-order valence-corrected chi connectivity index (χ1v) is 5.32. The summed E-state index contributed by atoms with van der Waals surface area (Å²) in [6.45, 7) is 7.69. The minimum Gasteiger partial charge on any atom is -0.483 e. The highest BCUT2D eigenvalue weighted by molar-refractivity contribution is 7.99. The van der Waals surface area contributed by atoms with Crippen LogP contribution in [0.15, 0.2) is 25.3 Å². The molecule has 1 nitrogen and oxygen atoms in total. The zero-order valence-corrected chi connectivity index (χ0v) is 8.76. The summed E-state index contributed by atoms with van der Waals surface area (Å²) in [6, 6.07) is 0. The summed E-state index contributed by atoms with van der Waals surface area (Å²) in [5, 5.41) is 0.673. The van der Waals surface area contributed by atoms with Gasteiger partial charge in [-0.25, -0.2) is 0 Å². The van der Waals surface area contributed by atoms with Gasteiger partial charge in [0, 0.05) is 17.9 Å². The van der Waals surface area contributed by atoms with Gasteiger partial charge in [0.15, 0.2) is 5.05 Å². The summed E-state index contributed by atoms with van der Waals surface area (Å²) in [5.41, 5.74) is 0. The Morgan fingerprint density at radius 1 is 1.42 bits per heavy atom. The molecule has 0 heterocycles. The molecule has 0 aromatic heterocycles. The van der Waals surface area contributed by atoms with E-state index in [-0.39, 0.29) is 0 Å². The maximum atomic E-state index is 5.15. The fourth-order valence-corrected chi connectivity index (χ4v) is 1.51. The number of hydrogen-bond donors (Lipinski definition) is 0. The second kappa shape index (κ2) is 8.81. The smallest absolute Gasteiger partial charge is 0.160 e. The standard InChI is InChI=1S/C9H14OS2/c1-3-6-10-9(11)5-8-12-7-4-2/h3-4H,1-2,5-8H2. The molecule has 0 aromatic rings. The van der Waals surface area contributed by atoms with Crippen LogP contribution in [0.25, 0.3) is 0 Å². The van der Waals surface area contributed by atoms with E-state index in [9.17, 15) is 0 Å². The lowest BCUT2D eigenvalue weighted by molar-refractivity contribution is 0.352. The molecule has 0 spiro atoms. The molecule has 0 bridgehead atoms. The topological polar surface area (TPSA) is 9.23 Å². The van der Waals surface area contributed by atoms with Crippen molar-refractivity contribution >= 4 is 29.0 Å². The fourth-order valence-electron chi connectivity index (χ4n) is 0.546. The van der Waals surface area contributed by atoms with Crippen molar-refractivity contribution in [2.45, 2.75) is 6.42 Å². The summed E-state index contributed by atoms with van der Waals surface area (Å²) < 4.78 is 5.15. The molecule has 3 heteroatoms. The van der Waals surface area contributed by atoms with Crippen LogP contribution < -0.4 is 0 Å². The van der Waals surface area contributed by atoms with Crippen LogP contribution in [-0.4, -0.2) is 23.2 Å². The summed E-state index contributed by atoms with van der Waals surface area (Å²) in [6.07, 6.45) is 4.42. The quantitative estimate of drug-likeness (QED) is 0.357. The number of ether oxygens (including phenoxy) is 1. The van der Waals surface area contributed by atoms with Crippen molar-refractivity contribution in [3.8, 4) is 0 Å².